The second-order valence-electron chi connectivity index (χ2n) is 6.66. The third kappa shape index (κ3) is 4.58. The van der Waals surface area contributed by atoms with Crippen molar-refractivity contribution >= 4 is 11.1 Å². The van der Waals surface area contributed by atoms with Crippen molar-refractivity contribution < 1.29 is 30.7 Å². The fraction of sp³-hybridized carbons (Fsp3) is 0.0870. The first-order valence-electron chi connectivity index (χ1n) is 9.04. The molecule has 7 nitrogen and oxygen atoms in total. The topological polar surface area (TPSA) is 167 Å². The van der Waals surface area contributed by atoms with Crippen LogP contribution in [0.4, 0.5) is 30.7 Å². The Morgan fingerprint density at radius 1 is 0.568 bits per heavy atom. The molecule has 37 heavy (non-hydrogen) atoms. The molecule has 178 valence electrons. The van der Waals surface area contributed by atoms with Crippen LogP contribution in [0.2, 0.25) is 0 Å². The maximum Gasteiger partial charge on any atom is 0.417 e. The molecule has 0 aliphatic carbocycles. The number of rotatable bonds is 1. The highest BCUT2D eigenvalue weighted by atomic mass is 19.4. The molecule has 14 heteroatoms. The molecule has 0 N–H and O–H groups in total. The number of halogens is 7. The molecule has 0 saturated carbocycles. The zero-order valence-corrected chi connectivity index (χ0v) is 17.4. The number of nitriles is 7. The van der Waals surface area contributed by atoms with Crippen LogP contribution in [-0.4, -0.2) is 0 Å². The van der Waals surface area contributed by atoms with Gasteiger partial charge in [0.2, 0.25) is 0 Å². The fourth-order valence-corrected chi connectivity index (χ4v) is 3.29. The summed E-state index contributed by atoms with van der Waals surface area (Å²) in [7, 11) is 0. The first kappa shape index (κ1) is 27.4. The van der Waals surface area contributed by atoms with Gasteiger partial charge in [-0.25, -0.2) is 4.39 Å². The largest absolute Gasteiger partial charge is 0.417 e. The summed E-state index contributed by atoms with van der Waals surface area (Å²) in [6.07, 6.45) is -11.1. The monoisotopic (exact) mass is 509 g/mol. The second-order valence-corrected chi connectivity index (χ2v) is 6.66. The molecule has 0 spiro atoms. The van der Waals surface area contributed by atoms with Crippen molar-refractivity contribution in [3.05, 3.63) is 67.3 Å². The number of nitrogens with zero attached hydrogens (tertiary/aromatic N) is 7. The molecule has 0 aromatic heterocycles. The Hall–Kier alpha value is -5.88. The fourth-order valence-electron chi connectivity index (χ4n) is 3.29. The third-order valence-corrected chi connectivity index (χ3v) is 4.76. The Kier molecular flexibility index (Phi) is 7.23. The first-order chi connectivity index (χ1) is 17.3. The van der Waals surface area contributed by atoms with Crippen LogP contribution in [0.3, 0.4) is 0 Å². The maximum absolute atomic E-state index is 15.5. The summed E-state index contributed by atoms with van der Waals surface area (Å²) in [5.41, 5.74) is -13.1. The minimum absolute atomic E-state index is 0.0545. The van der Waals surface area contributed by atoms with Gasteiger partial charge in [-0.1, -0.05) is 0 Å². The summed E-state index contributed by atoms with van der Waals surface area (Å²) in [5.74, 6) is -1.86. The lowest BCUT2D eigenvalue weighted by Crippen LogP contribution is -2.30. The quantitative estimate of drug-likeness (QED) is 0.532. The number of hydrogen-bond donors (Lipinski definition) is 0. The minimum Gasteiger partial charge on any atom is -0.205 e. The van der Waals surface area contributed by atoms with Crippen molar-refractivity contribution in [1.82, 2.24) is 0 Å². The Bertz CT molecular complexity index is 1730. The lowest BCUT2D eigenvalue weighted by molar-refractivity contribution is -0.143. The Morgan fingerprint density at radius 3 is 1.30 bits per heavy atom. The van der Waals surface area contributed by atoms with Gasteiger partial charge in [0.15, 0.2) is 5.82 Å². The molecule has 0 radical (unpaired) electrons. The highest BCUT2D eigenvalue weighted by molar-refractivity contribution is 5.82. The van der Waals surface area contributed by atoms with E-state index in [4.69, 9.17) is 15.8 Å². The standard InChI is InChI=1S/C23H2F7N7/c24-21-16(9-37)19(11(3-31)4-32)13(6-34)14(7-35)20(21)12(5-33)10-1-17(22(25,26)27)15(8-36)18(2-10)23(28,29)30/h1-2H/b20-12-. The van der Waals surface area contributed by atoms with E-state index < -0.39 is 78.7 Å². The predicted octanol–water partition coefficient (Wildman–Crippen LogP) is 3.27. The highest BCUT2D eigenvalue weighted by Gasteiger charge is 2.42. The van der Waals surface area contributed by atoms with Gasteiger partial charge < -0.3 is 0 Å². The number of alkyl halides is 6. The van der Waals surface area contributed by atoms with Gasteiger partial charge in [-0.2, -0.15) is 63.2 Å². The van der Waals surface area contributed by atoms with Gasteiger partial charge >= 0.3 is 12.4 Å². The van der Waals surface area contributed by atoms with Gasteiger partial charge in [-0.3, -0.25) is 0 Å². The SMILES string of the molecule is N#CC(C#N)=c1c(C#N)c(F)/c(=C(/C#N)c2cc(C(F)(F)F)c(C#N)c(C(F)(F)F)c2)c(C#N)c1C#N. The van der Waals surface area contributed by atoms with Gasteiger partial charge in [0, 0.05) is 10.4 Å². The predicted molar refractivity (Wildman–Crippen MR) is 104 cm³/mol. The zero-order chi connectivity index (χ0) is 28.3. The van der Waals surface area contributed by atoms with E-state index in [-0.39, 0.29) is 12.1 Å². The summed E-state index contributed by atoms with van der Waals surface area (Å²) >= 11 is 0. The molecule has 0 unspecified atom stereocenters. The van der Waals surface area contributed by atoms with Crippen LogP contribution < -0.4 is 10.4 Å². The lowest BCUT2D eigenvalue weighted by atomic mass is 9.89. The van der Waals surface area contributed by atoms with Crippen LogP contribution in [0.15, 0.2) is 12.1 Å². The molecule has 2 aromatic carbocycles. The molecule has 0 heterocycles. The number of benzene rings is 2. The van der Waals surface area contributed by atoms with Gasteiger partial charge in [-0.15, -0.1) is 0 Å². The van der Waals surface area contributed by atoms with Crippen molar-refractivity contribution in [2.24, 2.45) is 0 Å². The molecular weight excluding hydrogens is 507 g/mol. The van der Waals surface area contributed by atoms with Crippen LogP contribution in [-0.2, 0) is 12.4 Å². The van der Waals surface area contributed by atoms with Crippen LogP contribution in [0.5, 0.6) is 0 Å². The molecule has 2 rings (SSSR count). The molecule has 0 saturated heterocycles. The normalized spacial score (nSPS) is 11.4. The van der Waals surface area contributed by atoms with E-state index in [0.29, 0.717) is 0 Å². The van der Waals surface area contributed by atoms with E-state index in [0.717, 1.165) is 6.07 Å². The van der Waals surface area contributed by atoms with Crippen molar-refractivity contribution in [1.29, 1.82) is 36.8 Å². The van der Waals surface area contributed by atoms with E-state index in [9.17, 15) is 47.4 Å². The minimum atomic E-state index is -5.55. The van der Waals surface area contributed by atoms with Crippen molar-refractivity contribution in [2.75, 3.05) is 0 Å². The molecule has 2 aromatic rings. The first-order valence-corrected chi connectivity index (χ1v) is 9.04. The van der Waals surface area contributed by atoms with Gasteiger partial charge in [0.05, 0.1) is 39.0 Å². The summed E-state index contributed by atoms with van der Waals surface area (Å²) in [4.78, 5) is 0. The second kappa shape index (κ2) is 9.77. The van der Waals surface area contributed by atoms with E-state index in [1.807, 2.05) is 0 Å². The molecule has 0 aliphatic heterocycles. The van der Waals surface area contributed by atoms with Gasteiger partial charge in [-0.05, 0) is 17.7 Å². The Balaban J connectivity index is 3.49. The molecule has 0 amide bonds. The van der Waals surface area contributed by atoms with Crippen molar-refractivity contribution in [3.8, 4) is 42.5 Å². The molecular formula is C23H2F7N7. The smallest absolute Gasteiger partial charge is 0.205 e. The summed E-state index contributed by atoms with van der Waals surface area (Å²) in [6.45, 7) is 0. The number of hydrogen-bond acceptors (Lipinski definition) is 7. The van der Waals surface area contributed by atoms with Crippen LogP contribution >= 0.6 is 0 Å². The summed E-state index contributed by atoms with van der Waals surface area (Å²) < 4.78 is 96.8. The lowest BCUT2D eigenvalue weighted by Gasteiger charge is -2.17. The van der Waals surface area contributed by atoms with Crippen LogP contribution in [0.25, 0.3) is 11.1 Å². The zero-order valence-electron chi connectivity index (χ0n) is 17.4. The van der Waals surface area contributed by atoms with E-state index in [1.54, 1.807) is 0 Å². The highest BCUT2D eigenvalue weighted by Crippen LogP contribution is 2.40. The summed E-state index contributed by atoms with van der Waals surface area (Å²) in [5, 5.41) is 63.0. The van der Waals surface area contributed by atoms with Crippen LogP contribution in [0.1, 0.15) is 38.9 Å². The van der Waals surface area contributed by atoms with Gasteiger partial charge in [0.1, 0.15) is 48.1 Å². The van der Waals surface area contributed by atoms with E-state index in [1.165, 1.54) is 36.4 Å². The maximum atomic E-state index is 15.5. The molecule has 0 bridgehead atoms. The molecule has 0 aliphatic rings. The van der Waals surface area contributed by atoms with Crippen molar-refractivity contribution in [2.45, 2.75) is 12.4 Å². The van der Waals surface area contributed by atoms with Crippen LogP contribution in [0, 0.1) is 85.1 Å². The summed E-state index contributed by atoms with van der Waals surface area (Å²) in [6, 6.07) is 8.24. The average Bonchev–Trinajstić information content (AvgIpc) is 2.84. The third-order valence-electron chi connectivity index (χ3n) is 4.76. The van der Waals surface area contributed by atoms with Gasteiger partial charge in [0.25, 0.3) is 0 Å². The van der Waals surface area contributed by atoms with Crippen molar-refractivity contribution in [3.63, 3.8) is 0 Å². The Labute approximate surface area is 201 Å². The van der Waals surface area contributed by atoms with E-state index >= 15 is 4.39 Å². The molecule has 0 fully saturated rings. The Morgan fingerprint density at radius 2 is 0.973 bits per heavy atom. The van der Waals surface area contributed by atoms with E-state index in [2.05, 4.69) is 0 Å². The average molecular weight is 509 g/mol. The molecule has 0 atom stereocenters.